The molecule has 0 aliphatic heterocycles. The van der Waals surface area contributed by atoms with Gasteiger partial charge in [-0.2, -0.15) is 0 Å². The third-order valence-corrected chi connectivity index (χ3v) is 5.07. The Morgan fingerprint density at radius 3 is 2.52 bits per heavy atom. The summed E-state index contributed by atoms with van der Waals surface area (Å²) >= 11 is 3.62. The third-order valence-electron chi connectivity index (χ3n) is 4.37. The normalized spacial score (nSPS) is 11.4. The lowest BCUT2D eigenvalue weighted by Crippen LogP contribution is -1.87. The standard InChI is InChI=1S/C21H13BrN2O/c22-18-8-4-5-15-16(18)6-3-7-17(15)21-23-19-10-9-14(13-20(19)25-21)24-11-1-2-12-24/h1-13H. The molecule has 0 saturated heterocycles. The van der Waals surface area contributed by atoms with Crippen LogP contribution in [0.4, 0.5) is 0 Å². The van der Waals surface area contributed by atoms with Crippen LogP contribution in [0.1, 0.15) is 0 Å². The molecule has 4 heteroatoms. The largest absolute Gasteiger partial charge is 0.436 e. The maximum Gasteiger partial charge on any atom is 0.227 e. The number of oxazole rings is 1. The van der Waals surface area contributed by atoms with E-state index < -0.39 is 0 Å². The van der Waals surface area contributed by atoms with E-state index in [2.05, 4.69) is 32.6 Å². The van der Waals surface area contributed by atoms with Gasteiger partial charge in [0, 0.05) is 34.2 Å². The number of benzene rings is 3. The molecule has 2 aromatic heterocycles. The van der Waals surface area contributed by atoms with Crippen molar-refractivity contribution < 1.29 is 4.42 Å². The van der Waals surface area contributed by atoms with E-state index in [1.807, 2.05) is 67.0 Å². The number of hydrogen-bond acceptors (Lipinski definition) is 2. The molecule has 2 heterocycles. The van der Waals surface area contributed by atoms with E-state index in [4.69, 9.17) is 9.40 Å². The molecule has 0 aliphatic rings. The Morgan fingerprint density at radius 1 is 0.840 bits per heavy atom. The molecule has 5 rings (SSSR count). The second kappa shape index (κ2) is 5.60. The van der Waals surface area contributed by atoms with Crippen LogP contribution in [0.25, 0.3) is 39.0 Å². The van der Waals surface area contributed by atoms with E-state index in [9.17, 15) is 0 Å². The SMILES string of the molecule is Brc1cccc2c(-c3nc4ccc(-n5cccc5)cc4o3)cccc12. The van der Waals surface area contributed by atoms with Crippen molar-refractivity contribution in [2.45, 2.75) is 0 Å². The zero-order chi connectivity index (χ0) is 16.8. The molecular weight excluding hydrogens is 376 g/mol. The van der Waals surface area contributed by atoms with Crippen LogP contribution in [0, 0.1) is 0 Å². The molecule has 25 heavy (non-hydrogen) atoms. The van der Waals surface area contributed by atoms with Crippen molar-refractivity contribution in [2.75, 3.05) is 0 Å². The Labute approximate surface area is 152 Å². The van der Waals surface area contributed by atoms with Gasteiger partial charge in [0.1, 0.15) is 5.52 Å². The highest BCUT2D eigenvalue weighted by Crippen LogP contribution is 2.33. The summed E-state index contributed by atoms with van der Waals surface area (Å²) in [6.45, 7) is 0. The quantitative estimate of drug-likeness (QED) is 0.360. The topological polar surface area (TPSA) is 31.0 Å². The van der Waals surface area contributed by atoms with Gasteiger partial charge < -0.3 is 8.98 Å². The molecule has 0 spiro atoms. The first-order valence-electron chi connectivity index (χ1n) is 8.01. The first kappa shape index (κ1) is 14.5. The van der Waals surface area contributed by atoms with Gasteiger partial charge in [-0.25, -0.2) is 4.98 Å². The van der Waals surface area contributed by atoms with Crippen molar-refractivity contribution in [1.82, 2.24) is 9.55 Å². The molecule has 0 fully saturated rings. The molecule has 0 unspecified atom stereocenters. The summed E-state index contributed by atoms with van der Waals surface area (Å²) in [7, 11) is 0. The summed E-state index contributed by atoms with van der Waals surface area (Å²) in [6, 6.07) is 22.4. The van der Waals surface area contributed by atoms with E-state index in [0.29, 0.717) is 5.89 Å². The minimum atomic E-state index is 0.642. The minimum absolute atomic E-state index is 0.642. The average molecular weight is 389 g/mol. The molecule has 0 bridgehead atoms. The molecule has 0 radical (unpaired) electrons. The van der Waals surface area contributed by atoms with Crippen LogP contribution in [0.5, 0.6) is 0 Å². The maximum absolute atomic E-state index is 6.10. The van der Waals surface area contributed by atoms with E-state index in [-0.39, 0.29) is 0 Å². The van der Waals surface area contributed by atoms with Crippen LogP contribution < -0.4 is 0 Å². The van der Waals surface area contributed by atoms with Crippen LogP contribution in [0.2, 0.25) is 0 Å². The van der Waals surface area contributed by atoms with Gasteiger partial charge in [0.15, 0.2) is 5.58 Å². The highest BCUT2D eigenvalue weighted by molar-refractivity contribution is 9.10. The Bertz CT molecular complexity index is 1210. The van der Waals surface area contributed by atoms with Crippen LogP contribution in [-0.4, -0.2) is 9.55 Å². The minimum Gasteiger partial charge on any atom is -0.436 e. The molecule has 0 aliphatic carbocycles. The Morgan fingerprint density at radius 2 is 1.64 bits per heavy atom. The molecule has 0 atom stereocenters. The zero-order valence-electron chi connectivity index (χ0n) is 13.2. The summed E-state index contributed by atoms with van der Waals surface area (Å²) in [4.78, 5) is 4.69. The summed E-state index contributed by atoms with van der Waals surface area (Å²) in [6.07, 6.45) is 4.03. The predicted molar refractivity (Wildman–Crippen MR) is 104 cm³/mol. The second-order valence-electron chi connectivity index (χ2n) is 5.90. The van der Waals surface area contributed by atoms with Crippen LogP contribution in [0.15, 0.2) is 88.0 Å². The monoisotopic (exact) mass is 388 g/mol. The van der Waals surface area contributed by atoms with Gasteiger partial charge in [0.25, 0.3) is 0 Å². The number of nitrogens with zero attached hydrogens (tertiary/aromatic N) is 2. The fourth-order valence-electron chi connectivity index (χ4n) is 3.15. The maximum atomic E-state index is 6.10. The lowest BCUT2D eigenvalue weighted by atomic mass is 10.0. The highest BCUT2D eigenvalue weighted by atomic mass is 79.9. The molecule has 0 N–H and O–H groups in total. The van der Waals surface area contributed by atoms with Gasteiger partial charge >= 0.3 is 0 Å². The van der Waals surface area contributed by atoms with Crippen molar-refractivity contribution in [3.8, 4) is 17.1 Å². The van der Waals surface area contributed by atoms with Crippen molar-refractivity contribution in [3.05, 3.63) is 83.6 Å². The van der Waals surface area contributed by atoms with Gasteiger partial charge in [-0.15, -0.1) is 0 Å². The zero-order valence-corrected chi connectivity index (χ0v) is 14.8. The molecule has 120 valence electrons. The van der Waals surface area contributed by atoms with Crippen molar-refractivity contribution in [1.29, 1.82) is 0 Å². The van der Waals surface area contributed by atoms with Gasteiger partial charge in [0.05, 0.1) is 0 Å². The number of halogens is 1. The highest BCUT2D eigenvalue weighted by Gasteiger charge is 2.12. The van der Waals surface area contributed by atoms with E-state index >= 15 is 0 Å². The molecular formula is C21H13BrN2O. The number of rotatable bonds is 2. The fraction of sp³-hybridized carbons (Fsp3) is 0. The van der Waals surface area contributed by atoms with Gasteiger partial charge in [-0.05, 0) is 47.2 Å². The molecule has 3 nitrogen and oxygen atoms in total. The summed E-state index contributed by atoms with van der Waals surface area (Å²) in [5, 5.41) is 2.27. The molecule has 5 aromatic rings. The fourth-order valence-corrected chi connectivity index (χ4v) is 3.65. The van der Waals surface area contributed by atoms with Crippen molar-refractivity contribution in [2.24, 2.45) is 0 Å². The smallest absolute Gasteiger partial charge is 0.227 e. The lowest BCUT2D eigenvalue weighted by molar-refractivity contribution is 0.620. The second-order valence-corrected chi connectivity index (χ2v) is 6.76. The van der Waals surface area contributed by atoms with Crippen molar-refractivity contribution >= 4 is 37.8 Å². The number of fused-ring (bicyclic) bond motifs is 2. The lowest BCUT2D eigenvalue weighted by Gasteiger charge is -2.04. The van der Waals surface area contributed by atoms with Crippen molar-refractivity contribution in [3.63, 3.8) is 0 Å². The first-order valence-corrected chi connectivity index (χ1v) is 8.80. The summed E-state index contributed by atoms with van der Waals surface area (Å²) in [5.74, 6) is 0.642. The molecule has 0 amide bonds. The van der Waals surface area contributed by atoms with E-state index in [1.54, 1.807) is 0 Å². The molecule has 0 saturated carbocycles. The predicted octanol–water partition coefficient (Wildman–Crippen LogP) is 6.20. The molecule has 3 aromatic carbocycles. The Kier molecular flexibility index (Phi) is 3.25. The van der Waals surface area contributed by atoms with E-state index in [1.165, 1.54) is 0 Å². The average Bonchev–Trinajstić information content (AvgIpc) is 3.30. The van der Waals surface area contributed by atoms with Gasteiger partial charge in [-0.3, -0.25) is 0 Å². The Hall–Kier alpha value is -2.85. The summed E-state index contributed by atoms with van der Waals surface area (Å²) in [5.41, 5.74) is 3.70. The van der Waals surface area contributed by atoms with Crippen LogP contribution in [-0.2, 0) is 0 Å². The number of aromatic nitrogens is 2. The first-order chi connectivity index (χ1) is 12.3. The Balaban J connectivity index is 1.70. The number of hydrogen-bond donors (Lipinski definition) is 0. The van der Waals surface area contributed by atoms with Crippen LogP contribution >= 0.6 is 15.9 Å². The summed E-state index contributed by atoms with van der Waals surface area (Å²) < 4.78 is 9.22. The van der Waals surface area contributed by atoms with Crippen LogP contribution in [0.3, 0.4) is 0 Å². The third kappa shape index (κ3) is 2.37. The van der Waals surface area contributed by atoms with E-state index in [0.717, 1.165) is 37.6 Å². The van der Waals surface area contributed by atoms with Gasteiger partial charge in [0.2, 0.25) is 5.89 Å². The van der Waals surface area contributed by atoms with Gasteiger partial charge in [-0.1, -0.05) is 40.2 Å².